The molecule has 1 aliphatic rings. The van der Waals surface area contributed by atoms with Crippen LogP contribution in [0.1, 0.15) is 32.1 Å². The van der Waals surface area contributed by atoms with Crippen LogP contribution < -0.4 is 0 Å². The number of hydrogen-bond donors (Lipinski definition) is 1. The van der Waals surface area contributed by atoms with E-state index >= 15 is 0 Å². The maximum absolute atomic E-state index is 13.3. The summed E-state index contributed by atoms with van der Waals surface area (Å²) in [7, 11) is 0. The quantitative estimate of drug-likeness (QED) is 0.909. The Morgan fingerprint density at radius 2 is 2.00 bits per heavy atom. The summed E-state index contributed by atoms with van der Waals surface area (Å²) in [5.74, 6) is -1.14. The summed E-state index contributed by atoms with van der Waals surface area (Å²) >= 11 is 0. The van der Waals surface area contributed by atoms with Crippen molar-refractivity contribution in [3.63, 3.8) is 0 Å². The van der Waals surface area contributed by atoms with Crippen LogP contribution in [0.5, 0.6) is 0 Å². The highest BCUT2D eigenvalue weighted by atomic mass is 19.2. The molecule has 130 valence electrons. The topological polar surface area (TPSA) is 62.4 Å². The van der Waals surface area contributed by atoms with E-state index in [0.29, 0.717) is 18.0 Å². The van der Waals surface area contributed by atoms with Gasteiger partial charge in [-0.3, -0.25) is 4.90 Å². The summed E-state index contributed by atoms with van der Waals surface area (Å²) in [6, 6.07) is 3.52. The van der Waals surface area contributed by atoms with E-state index in [9.17, 15) is 13.9 Å². The van der Waals surface area contributed by atoms with E-state index < -0.39 is 11.6 Å². The van der Waals surface area contributed by atoms with E-state index in [1.165, 1.54) is 6.07 Å². The lowest BCUT2D eigenvalue weighted by Crippen LogP contribution is -2.41. The summed E-state index contributed by atoms with van der Waals surface area (Å²) in [5, 5.41) is 13.4. The van der Waals surface area contributed by atoms with Crippen molar-refractivity contribution in [3.8, 4) is 11.4 Å². The van der Waals surface area contributed by atoms with Crippen LogP contribution in [-0.4, -0.2) is 39.8 Å². The third kappa shape index (κ3) is 3.47. The van der Waals surface area contributed by atoms with Gasteiger partial charge in [0, 0.05) is 12.2 Å². The van der Waals surface area contributed by atoms with Crippen LogP contribution in [0.25, 0.3) is 11.4 Å². The highest BCUT2D eigenvalue weighted by molar-refractivity contribution is 5.54. The van der Waals surface area contributed by atoms with Gasteiger partial charge in [0.2, 0.25) is 11.7 Å². The summed E-state index contributed by atoms with van der Waals surface area (Å²) in [5.41, 5.74) is 0.412. The summed E-state index contributed by atoms with van der Waals surface area (Å²) in [6.07, 6.45) is 2.84. The molecule has 1 aliphatic heterocycles. The SMILES string of the molecule is CCC1(CO)CCN(Cc2nc(-c3ccc(F)c(F)c3)no2)CC1. The lowest BCUT2D eigenvalue weighted by Gasteiger charge is -2.39. The Labute approximate surface area is 139 Å². The van der Waals surface area contributed by atoms with E-state index in [4.69, 9.17) is 4.52 Å². The Kier molecular flexibility index (Phi) is 4.91. The molecule has 1 fully saturated rings. The first-order valence-corrected chi connectivity index (χ1v) is 8.16. The van der Waals surface area contributed by atoms with E-state index in [1.54, 1.807) is 0 Å². The lowest BCUT2D eigenvalue weighted by atomic mass is 9.77. The van der Waals surface area contributed by atoms with Gasteiger partial charge in [0.1, 0.15) is 0 Å². The summed E-state index contributed by atoms with van der Waals surface area (Å²) in [6.45, 7) is 4.56. The van der Waals surface area contributed by atoms with Crippen molar-refractivity contribution in [3.05, 3.63) is 35.7 Å². The number of aliphatic hydroxyl groups excluding tert-OH is 1. The van der Waals surface area contributed by atoms with Crippen LogP contribution in [-0.2, 0) is 6.54 Å². The first-order valence-electron chi connectivity index (χ1n) is 8.16. The molecule has 5 nitrogen and oxygen atoms in total. The predicted octanol–water partition coefficient (Wildman–Crippen LogP) is 3.00. The fourth-order valence-corrected chi connectivity index (χ4v) is 3.07. The van der Waals surface area contributed by atoms with Gasteiger partial charge in [0.15, 0.2) is 11.6 Å². The molecule has 2 heterocycles. The van der Waals surface area contributed by atoms with E-state index in [2.05, 4.69) is 22.0 Å². The van der Waals surface area contributed by atoms with Crippen LogP contribution >= 0.6 is 0 Å². The van der Waals surface area contributed by atoms with Crippen LogP contribution in [0.3, 0.4) is 0 Å². The smallest absolute Gasteiger partial charge is 0.241 e. The highest BCUT2D eigenvalue weighted by Gasteiger charge is 2.32. The molecule has 1 saturated heterocycles. The average molecular weight is 337 g/mol. The molecule has 24 heavy (non-hydrogen) atoms. The molecule has 0 unspecified atom stereocenters. The molecule has 0 amide bonds. The fourth-order valence-electron chi connectivity index (χ4n) is 3.07. The van der Waals surface area contributed by atoms with Crippen molar-refractivity contribution in [2.24, 2.45) is 5.41 Å². The summed E-state index contributed by atoms with van der Waals surface area (Å²) in [4.78, 5) is 6.46. The predicted molar refractivity (Wildman–Crippen MR) is 84.0 cm³/mol. The molecule has 1 N–H and O–H groups in total. The first-order chi connectivity index (χ1) is 11.5. The minimum atomic E-state index is -0.935. The number of likely N-dealkylation sites (tertiary alicyclic amines) is 1. The number of benzene rings is 1. The molecule has 0 bridgehead atoms. The van der Waals surface area contributed by atoms with E-state index in [-0.39, 0.29) is 17.8 Å². The molecule has 2 aromatic rings. The third-order valence-corrected chi connectivity index (χ3v) is 5.01. The van der Waals surface area contributed by atoms with Crippen molar-refractivity contribution < 1.29 is 18.4 Å². The molecule has 0 atom stereocenters. The van der Waals surface area contributed by atoms with Gasteiger partial charge in [0.25, 0.3) is 0 Å². The molecule has 3 rings (SSSR count). The van der Waals surface area contributed by atoms with Crippen LogP contribution in [0.4, 0.5) is 8.78 Å². The normalized spacial score (nSPS) is 18.0. The van der Waals surface area contributed by atoms with Crippen molar-refractivity contribution in [1.29, 1.82) is 0 Å². The number of hydrogen-bond acceptors (Lipinski definition) is 5. The Morgan fingerprint density at radius 3 is 2.62 bits per heavy atom. The maximum atomic E-state index is 13.3. The monoisotopic (exact) mass is 337 g/mol. The van der Waals surface area contributed by atoms with Gasteiger partial charge < -0.3 is 9.63 Å². The molecular formula is C17H21F2N3O2. The van der Waals surface area contributed by atoms with Crippen molar-refractivity contribution in [2.75, 3.05) is 19.7 Å². The number of nitrogens with zero attached hydrogens (tertiary/aromatic N) is 3. The Bertz CT molecular complexity index is 691. The van der Waals surface area contributed by atoms with Gasteiger partial charge in [-0.1, -0.05) is 12.1 Å². The standard InChI is InChI=1S/C17H21F2N3O2/c1-2-17(11-23)5-7-22(8-6-17)10-15-20-16(21-24-15)12-3-4-13(18)14(19)9-12/h3-4,9,23H,2,5-8,10-11H2,1H3. The van der Waals surface area contributed by atoms with E-state index in [0.717, 1.165) is 44.5 Å². The van der Waals surface area contributed by atoms with Gasteiger partial charge in [-0.05, 0) is 56.0 Å². The van der Waals surface area contributed by atoms with E-state index in [1.807, 2.05) is 0 Å². The van der Waals surface area contributed by atoms with Gasteiger partial charge in [-0.25, -0.2) is 8.78 Å². The highest BCUT2D eigenvalue weighted by Crippen LogP contribution is 2.34. The molecule has 1 aromatic carbocycles. The molecule has 0 aliphatic carbocycles. The second-order valence-corrected chi connectivity index (χ2v) is 6.43. The van der Waals surface area contributed by atoms with Crippen LogP contribution in [0.2, 0.25) is 0 Å². The number of rotatable bonds is 5. The number of aromatic nitrogens is 2. The maximum Gasteiger partial charge on any atom is 0.241 e. The zero-order valence-corrected chi connectivity index (χ0v) is 13.6. The van der Waals surface area contributed by atoms with Crippen LogP contribution in [0.15, 0.2) is 22.7 Å². The van der Waals surface area contributed by atoms with Crippen LogP contribution in [0, 0.1) is 17.0 Å². The van der Waals surface area contributed by atoms with Gasteiger partial charge >= 0.3 is 0 Å². The van der Waals surface area contributed by atoms with Crippen molar-refractivity contribution in [2.45, 2.75) is 32.7 Å². The molecule has 1 aromatic heterocycles. The van der Waals surface area contributed by atoms with Gasteiger partial charge in [-0.2, -0.15) is 4.98 Å². The number of halogens is 2. The zero-order valence-electron chi connectivity index (χ0n) is 13.6. The molecule has 0 radical (unpaired) electrons. The van der Waals surface area contributed by atoms with Gasteiger partial charge in [-0.15, -0.1) is 0 Å². The van der Waals surface area contributed by atoms with Gasteiger partial charge in [0.05, 0.1) is 6.54 Å². The minimum Gasteiger partial charge on any atom is -0.396 e. The third-order valence-electron chi connectivity index (χ3n) is 5.01. The lowest BCUT2D eigenvalue weighted by molar-refractivity contribution is 0.0348. The van der Waals surface area contributed by atoms with Crippen molar-refractivity contribution >= 4 is 0 Å². The second-order valence-electron chi connectivity index (χ2n) is 6.43. The molecule has 0 spiro atoms. The summed E-state index contributed by atoms with van der Waals surface area (Å²) < 4.78 is 31.5. The average Bonchev–Trinajstić information content (AvgIpc) is 3.07. The number of piperidine rings is 1. The Morgan fingerprint density at radius 1 is 1.25 bits per heavy atom. The molecule has 0 saturated carbocycles. The minimum absolute atomic E-state index is 0.0299. The first kappa shape index (κ1) is 17.0. The second kappa shape index (κ2) is 6.94. The largest absolute Gasteiger partial charge is 0.396 e. The molecular weight excluding hydrogens is 316 g/mol. The Hall–Kier alpha value is -1.86. The zero-order chi connectivity index (χ0) is 17.2. The fraction of sp³-hybridized carbons (Fsp3) is 0.529. The number of aliphatic hydroxyl groups is 1. The Balaban J connectivity index is 1.64. The van der Waals surface area contributed by atoms with Crippen molar-refractivity contribution in [1.82, 2.24) is 15.0 Å². The molecule has 7 heteroatoms.